The van der Waals surface area contributed by atoms with Crippen molar-refractivity contribution < 1.29 is 4.57 Å². The molecule has 21 heavy (non-hydrogen) atoms. The van der Waals surface area contributed by atoms with Crippen molar-refractivity contribution in [3.05, 3.63) is 77.4 Å². The third-order valence-corrected chi connectivity index (χ3v) is 4.35. The molecule has 3 aromatic rings. The summed E-state index contributed by atoms with van der Waals surface area (Å²) >= 11 is 0. The summed E-state index contributed by atoms with van der Waals surface area (Å²) in [7, 11) is 0. The zero-order valence-electron chi connectivity index (χ0n) is 13.1. The van der Waals surface area contributed by atoms with Gasteiger partial charge in [-0.15, -0.1) is 0 Å². The molecular weight excluding hydrogens is 256 g/mol. The molecule has 0 atom stereocenters. The minimum absolute atomic E-state index is 1.24. The molecule has 3 rings (SSSR count). The van der Waals surface area contributed by atoms with Crippen LogP contribution in [0.15, 0.2) is 55.1 Å². The van der Waals surface area contributed by atoms with Gasteiger partial charge >= 0.3 is 0 Å². The molecule has 0 saturated heterocycles. The summed E-state index contributed by atoms with van der Waals surface area (Å²) in [5.74, 6) is 0. The topological polar surface area (TPSA) is 8.81 Å². The smallest absolute Gasteiger partial charge is 0.202 e. The summed E-state index contributed by atoms with van der Waals surface area (Å²) < 4.78 is 4.37. The minimum Gasteiger partial charge on any atom is -0.202 e. The van der Waals surface area contributed by atoms with E-state index in [1.807, 2.05) is 0 Å². The fraction of sp³-hybridized carbons (Fsp3) is 0.211. The average molecular weight is 277 g/mol. The molecule has 0 bridgehead atoms. The number of imidazole rings is 1. The molecule has 0 unspecified atom stereocenters. The van der Waals surface area contributed by atoms with Gasteiger partial charge in [0.05, 0.1) is 0 Å². The SMILES string of the molecule is Cc1cccc(-n2cc[n+](-c3cccc(C)c3C)c2)c1C. The molecule has 2 heteroatoms. The van der Waals surface area contributed by atoms with E-state index in [4.69, 9.17) is 0 Å². The van der Waals surface area contributed by atoms with Gasteiger partial charge in [0.15, 0.2) is 0 Å². The first-order valence-corrected chi connectivity index (χ1v) is 7.30. The van der Waals surface area contributed by atoms with Crippen molar-refractivity contribution >= 4 is 0 Å². The van der Waals surface area contributed by atoms with Gasteiger partial charge in [-0.05, 0) is 62.1 Å². The molecule has 0 aliphatic carbocycles. The summed E-state index contributed by atoms with van der Waals surface area (Å²) in [5.41, 5.74) is 7.75. The maximum Gasteiger partial charge on any atom is 0.254 e. The maximum absolute atomic E-state index is 2.18. The number of benzene rings is 2. The van der Waals surface area contributed by atoms with Crippen LogP contribution in [0.3, 0.4) is 0 Å². The van der Waals surface area contributed by atoms with Crippen molar-refractivity contribution in [1.29, 1.82) is 0 Å². The van der Waals surface area contributed by atoms with Crippen molar-refractivity contribution in [3.63, 3.8) is 0 Å². The van der Waals surface area contributed by atoms with E-state index in [0.29, 0.717) is 0 Å². The molecule has 0 N–H and O–H groups in total. The number of rotatable bonds is 2. The van der Waals surface area contributed by atoms with Crippen molar-refractivity contribution in [2.45, 2.75) is 27.7 Å². The molecule has 2 nitrogen and oxygen atoms in total. The lowest BCUT2D eigenvalue weighted by molar-refractivity contribution is -0.595. The molecule has 1 heterocycles. The van der Waals surface area contributed by atoms with Gasteiger partial charge in [-0.25, -0.2) is 9.13 Å². The highest BCUT2D eigenvalue weighted by molar-refractivity contribution is 5.44. The van der Waals surface area contributed by atoms with Gasteiger partial charge in [-0.1, -0.05) is 24.3 Å². The first kappa shape index (κ1) is 13.6. The fourth-order valence-corrected chi connectivity index (χ4v) is 2.67. The average Bonchev–Trinajstić information content (AvgIpc) is 2.94. The summed E-state index contributed by atoms with van der Waals surface area (Å²) in [4.78, 5) is 0. The Bertz CT molecular complexity index is 731. The molecular formula is C19H21N2+. The first-order chi connectivity index (χ1) is 10.1. The van der Waals surface area contributed by atoms with Crippen LogP contribution in [-0.4, -0.2) is 4.57 Å². The Balaban J connectivity index is 2.08. The lowest BCUT2D eigenvalue weighted by atomic mass is 10.1. The van der Waals surface area contributed by atoms with E-state index in [2.05, 4.69) is 91.9 Å². The Morgan fingerprint density at radius 1 is 0.810 bits per heavy atom. The number of aromatic nitrogens is 2. The molecule has 0 aliphatic rings. The first-order valence-electron chi connectivity index (χ1n) is 7.30. The Labute approximate surface area is 126 Å². The second-order valence-electron chi connectivity index (χ2n) is 5.67. The quantitative estimate of drug-likeness (QED) is 0.626. The van der Waals surface area contributed by atoms with Crippen LogP contribution < -0.4 is 4.57 Å². The highest BCUT2D eigenvalue weighted by atomic mass is 15.1. The normalized spacial score (nSPS) is 10.9. The van der Waals surface area contributed by atoms with E-state index in [1.54, 1.807) is 0 Å². The van der Waals surface area contributed by atoms with E-state index in [9.17, 15) is 0 Å². The molecule has 0 aliphatic heterocycles. The zero-order valence-corrected chi connectivity index (χ0v) is 13.1. The van der Waals surface area contributed by atoms with E-state index < -0.39 is 0 Å². The predicted octanol–water partition coefficient (Wildman–Crippen LogP) is 3.99. The highest BCUT2D eigenvalue weighted by Gasteiger charge is 2.13. The number of aryl methyl sites for hydroxylation is 2. The molecule has 0 fully saturated rings. The van der Waals surface area contributed by atoms with E-state index in [-0.39, 0.29) is 0 Å². The molecule has 0 saturated carbocycles. The van der Waals surface area contributed by atoms with Gasteiger partial charge in [0, 0.05) is 0 Å². The fourth-order valence-electron chi connectivity index (χ4n) is 2.67. The zero-order chi connectivity index (χ0) is 15.0. The van der Waals surface area contributed by atoms with Crippen molar-refractivity contribution in [3.8, 4) is 11.4 Å². The van der Waals surface area contributed by atoms with Gasteiger partial charge in [-0.3, -0.25) is 0 Å². The van der Waals surface area contributed by atoms with Gasteiger partial charge in [-0.2, -0.15) is 0 Å². The van der Waals surface area contributed by atoms with Crippen molar-refractivity contribution in [2.75, 3.05) is 0 Å². The lowest BCUT2D eigenvalue weighted by Crippen LogP contribution is -2.29. The van der Waals surface area contributed by atoms with Gasteiger partial charge < -0.3 is 0 Å². The largest absolute Gasteiger partial charge is 0.254 e. The Kier molecular flexibility index (Phi) is 3.38. The van der Waals surface area contributed by atoms with Crippen LogP contribution in [0.1, 0.15) is 22.3 Å². The van der Waals surface area contributed by atoms with Gasteiger partial charge in [0.1, 0.15) is 23.8 Å². The molecule has 106 valence electrons. The monoisotopic (exact) mass is 277 g/mol. The third kappa shape index (κ3) is 2.38. The molecule has 0 radical (unpaired) electrons. The van der Waals surface area contributed by atoms with E-state index in [0.717, 1.165) is 0 Å². The highest BCUT2D eigenvalue weighted by Crippen LogP contribution is 2.17. The third-order valence-electron chi connectivity index (χ3n) is 4.35. The molecule has 2 aromatic carbocycles. The van der Waals surface area contributed by atoms with Crippen LogP contribution >= 0.6 is 0 Å². The Morgan fingerprint density at radius 2 is 1.48 bits per heavy atom. The summed E-state index contributed by atoms with van der Waals surface area (Å²) in [6, 6.07) is 12.9. The predicted molar refractivity (Wildman–Crippen MR) is 86.2 cm³/mol. The number of hydrogen-bond acceptors (Lipinski definition) is 0. The summed E-state index contributed by atoms with van der Waals surface area (Å²) in [6.45, 7) is 8.65. The van der Waals surface area contributed by atoms with Crippen LogP contribution in [0.4, 0.5) is 0 Å². The van der Waals surface area contributed by atoms with Crippen LogP contribution in [0.25, 0.3) is 11.4 Å². The van der Waals surface area contributed by atoms with Crippen molar-refractivity contribution in [1.82, 2.24) is 4.57 Å². The lowest BCUT2D eigenvalue weighted by Gasteiger charge is -2.05. The molecule has 0 spiro atoms. The Hall–Kier alpha value is -2.35. The number of nitrogens with zero attached hydrogens (tertiary/aromatic N) is 2. The molecule has 1 aromatic heterocycles. The summed E-state index contributed by atoms with van der Waals surface area (Å²) in [6.07, 6.45) is 6.37. The second kappa shape index (κ2) is 5.21. The standard InChI is InChI=1S/C19H21N2/c1-14-7-5-9-18(16(14)3)20-11-12-21(13-20)19-10-6-8-15(2)17(19)4/h5-13H,1-4H3/q+1. The van der Waals surface area contributed by atoms with Gasteiger partial charge in [0.25, 0.3) is 6.33 Å². The van der Waals surface area contributed by atoms with E-state index >= 15 is 0 Å². The van der Waals surface area contributed by atoms with Crippen LogP contribution in [0, 0.1) is 27.7 Å². The van der Waals surface area contributed by atoms with Crippen LogP contribution in [0.2, 0.25) is 0 Å². The van der Waals surface area contributed by atoms with Crippen molar-refractivity contribution in [2.24, 2.45) is 0 Å². The van der Waals surface area contributed by atoms with E-state index in [1.165, 1.54) is 33.6 Å². The summed E-state index contributed by atoms with van der Waals surface area (Å²) in [5, 5.41) is 0. The maximum atomic E-state index is 2.18. The second-order valence-corrected chi connectivity index (χ2v) is 5.67. The number of hydrogen-bond donors (Lipinski definition) is 0. The van der Waals surface area contributed by atoms with Crippen LogP contribution in [0.5, 0.6) is 0 Å². The Morgan fingerprint density at radius 3 is 2.24 bits per heavy atom. The minimum atomic E-state index is 1.24. The van der Waals surface area contributed by atoms with Crippen LogP contribution in [-0.2, 0) is 0 Å². The van der Waals surface area contributed by atoms with Gasteiger partial charge in [0.2, 0.25) is 0 Å². The molecule has 0 amide bonds.